The molecule has 4 heteroatoms. The number of methoxy groups -OCH3 is 1. The number of hydrogen-bond donors (Lipinski definition) is 0. The van der Waals surface area contributed by atoms with Crippen molar-refractivity contribution in [1.82, 2.24) is 4.98 Å². The molecule has 0 saturated heterocycles. The van der Waals surface area contributed by atoms with Crippen LogP contribution in [0.1, 0.15) is 24.6 Å². The van der Waals surface area contributed by atoms with Crippen LogP contribution in [0.4, 0.5) is 0 Å². The van der Waals surface area contributed by atoms with Gasteiger partial charge in [0.2, 0.25) is 5.88 Å². The maximum Gasteiger partial charge on any atom is 0.238 e. The average molecular weight is 394 g/mol. The van der Waals surface area contributed by atoms with Gasteiger partial charge in [0.1, 0.15) is 23.1 Å². The molecule has 3 aromatic carbocycles. The molecule has 30 heavy (non-hydrogen) atoms. The Hall–Kier alpha value is -3.84. The molecule has 1 aromatic heterocycles. The first-order chi connectivity index (χ1) is 14.7. The molecule has 0 amide bonds. The highest BCUT2D eigenvalue weighted by atomic mass is 16.5. The molecule has 1 heterocycles. The van der Waals surface area contributed by atoms with E-state index in [0.29, 0.717) is 17.2 Å². The van der Waals surface area contributed by atoms with E-state index in [2.05, 4.69) is 24.0 Å². The standard InChI is InChI=1S/C26H22N2O2/c1-3-6-21-16-24(19-10-12-22(29-2)13-11-19)25(17-27)26(28-21)30-23-14-9-18-7-4-5-8-20(18)15-23/h4-5,7-16H,3,6H2,1-2H3. The van der Waals surface area contributed by atoms with Crippen molar-refractivity contribution in [3.63, 3.8) is 0 Å². The summed E-state index contributed by atoms with van der Waals surface area (Å²) >= 11 is 0. The number of aromatic nitrogens is 1. The van der Waals surface area contributed by atoms with Crippen LogP contribution in [0.25, 0.3) is 21.9 Å². The molecule has 0 bridgehead atoms. The summed E-state index contributed by atoms with van der Waals surface area (Å²) in [6, 6.07) is 25.9. The third-order valence-electron chi connectivity index (χ3n) is 4.99. The molecule has 4 rings (SSSR count). The molecule has 0 aliphatic carbocycles. The minimum Gasteiger partial charge on any atom is -0.497 e. The first-order valence-electron chi connectivity index (χ1n) is 9.97. The summed E-state index contributed by atoms with van der Waals surface area (Å²) < 4.78 is 11.4. The second-order valence-corrected chi connectivity index (χ2v) is 7.04. The van der Waals surface area contributed by atoms with E-state index in [9.17, 15) is 5.26 Å². The molecule has 0 radical (unpaired) electrons. The Kier molecular flexibility index (Phi) is 5.63. The molecule has 148 valence electrons. The summed E-state index contributed by atoms with van der Waals surface area (Å²) in [5.74, 6) is 1.77. The van der Waals surface area contributed by atoms with E-state index in [4.69, 9.17) is 9.47 Å². The van der Waals surface area contributed by atoms with Gasteiger partial charge >= 0.3 is 0 Å². The van der Waals surface area contributed by atoms with Gasteiger partial charge in [-0.1, -0.05) is 55.8 Å². The predicted molar refractivity (Wildman–Crippen MR) is 119 cm³/mol. The van der Waals surface area contributed by atoms with Crippen LogP contribution in [0.5, 0.6) is 17.4 Å². The lowest BCUT2D eigenvalue weighted by Crippen LogP contribution is -2.00. The molecule has 4 aromatic rings. The molecule has 0 fully saturated rings. The Bertz CT molecular complexity index is 1220. The molecule has 0 aliphatic heterocycles. The Morgan fingerprint density at radius 2 is 1.63 bits per heavy atom. The molecule has 0 unspecified atom stereocenters. The summed E-state index contributed by atoms with van der Waals surface area (Å²) in [6.07, 6.45) is 1.76. The number of pyridine rings is 1. The van der Waals surface area contributed by atoms with Crippen LogP contribution >= 0.6 is 0 Å². The normalized spacial score (nSPS) is 10.6. The third kappa shape index (κ3) is 3.97. The van der Waals surface area contributed by atoms with Crippen molar-refractivity contribution in [3.05, 3.63) is 84.1 Å². The van der Waals surface area contributed by atoms with E-state index >= 15 is 0 Å². The van der Waals surface area contributed by atoms with E-state index in [0.717, 1.165) is 46.2 Å². The summed E-state index contributed by atoms with van der Waals surface area (Å²) in [5, 5.41) is 12.2. The van der Waals surface area contributed by atoms with E-state index in [-0.39, 0.29) is 0 Å². The molecule has 0 atom stereocenters. The van der Waals surface area contributed by atoms with Crippen molar-refractivity contribution in [1.29, 1.82) is 5.26 Å². The van der Waals surface area contributed by atoms with Gasteiger partial charge in [0.05, 0.1) is 7.11 Å². The van der Waals surface area contributed by atoms with Crippen LogP contribution in [0.2, 0.25) is 0 Å². The van der Waals surface area contributed by atoms with Crippen molar-refractivity contribution in [2.75, 3.05) is 7.11 Å². The Morgan fingerprint density at radius 1 is 0.900 bits per heavy atom. The number of nitrogens with zero attached hydrogens (tertiary/aromatic N) is 2. The number of rotatable bonds is 6. The minimum atomic E-state index is 0.338. The van der Waals surface area contributed by atoms with E-state index in [1.165, 1.54) is 0 Å². The topological polar surface area (TPSA) is 55.1 Å². The first-order valence-corrected chi connectivity index (χ1v) is 9.97. The van der Waals surface area contributed by atoms with Crippen LogP contribution in [-0.4, -0.2) is 12.1 Å². The van der Waals surface area contributed by atoms with Gasteiger partial charge in [-0.2, -0.15) is 5.26 Å². The number of aryl methyl sites for hydroxylation is 1. The van der Waals surface area contributed by atoms with Crippen LogP contribution in [0, 0.1) is 11.3 Å². The fraction of sp³-hybridized carbons (Fsp3) is 0.154. The van der Waals surface area contributed by atoms with Crippen molar-refractivity contribution in [2.45, 2.75) is 19.8 Å². The van der Waals surface area contributed by atoms with Gasteiger partial charge in [-0.05, 0) is 53.1 Å². The van der Waals surface area contributed by atoms with E-state index in [1.807, 2.05) is 66.7 Å². The molecule has 0 spiro atoms. The maximum absolute atomic E-state index is 9.94. The van der Waals surface area contributed by atoms with E-state index in [1.54, 1.807) is 7.11 Å². The van der Waals surface area contributed by atoms with Gasteiger partial charge in [0.25, 0.3) is 0 Å². The molecule has 0 saturated carbocycles. The SMILES string of the molecule is CCCc1cc(-c2ccc(OC)cc2)c(C#N)c(Oc2ccc3ccccc3c2)n1. The lowest BCUT2D eigenvalue weighted by atomic mass is 9.99. The van der Waals surface area contributed by atoms with Gasteiger partial charge in [-0.15, -0.1) is 0 Å². The van der Waals surface area contributed by atoms with Gasteiger partial charge in [-0.25, -0.2) is 4.98 Å². The highest BCUT2D eigenvalue weighted by Gasteiger charge is 2.16. The monoisotopic (exact) mass is 394 g/mol. The van der Waals surface area contributed by atoms with Crippen LogP contribution in [-0.2, 0) is 6.42 Å². The fourth-order valence-corrected chi connectivity index (χ4v) is 3.48. The molecular formula is C26H22N2O2. The minimum absolute atomic E-state index is 0.338. The largest absolute Gasteiger partial charge is 0.497 e. The van der Waals surface area contributed by atoms with Crippen LogP contribution in [0.3, 0.4) is 0 Å². The Labute approximate surface area is 176 Å². The number of fused-ring (bicyclic) bond motifs is 1. The first kappa shape index (κ1) is 19.5. The lowest BCUT2D eigenvalue weighted by molar-refractivity contribution is 0.415. The Morgan fingerprint density at radius 3 is 2.33 bits per heavy atom. The second-order valence-electron chi connectivity index (χ2n) is 7.04. The van der Waals surface area contributed by atoms with Gasteiger partial charge in [0.15, 0.2) is 0 Å². The van der Waals surface area contributed by atoms with Gasteiger partial charge in [-0.3, -0.25) is 0 Å². The third-order valence-corrected chi connectivity index (χ3v) is 4.99. The number of hydrogen-bond acceptors (Lipinski definition) is 4. The summed E-state index contributed by atoms with van der Waals surface area (Å²) in [6.45, 7) is 2.11. The fourth-order valence-electron chi connectivity index (χ4n) is 3.48. The summed E-state index contributed by atoms with van der Waals surface area (Å²) in [5.41, 5.74) is 3.07. The van der Waals surface area contributed by atoms with Gasteiger partial charge < -0.3 is 9.47 Å². The molecule has 4 nitrogen and oxygen atoms in total. The zero-order valence-corrected chi connectivity index (χ0v) is 17.1. The highest BCUT2D eigenvalue weighted by molar-refractivity contribution is 5.84. The summed E-state index contributed by atoms with van der Waals surface area (Å²) in [7, 11) is 1.64. The van der Waals surface area contributed by atoms with Crippen molar-refractivity contribution >= 4 is 10.8 Å². The average Bonchev–Trinajstić information content (AvgIpc) is 2.79. The quantitative estimate of drug-likeness (QED) is 0.373. The van der Waals surface area contributed by atoms with Crippen LogP contribution < -0.4 is 9.47 Å². The van der Waals surface area contributed by atoms with Crippen molar-refractivity contribution in [2.24, 2.45) is 0 Å². The van der Waals surface area contributed by atoms with Crippen LogP contribution in [0.15, 0.2) is 72.8 Å². The zero-order valence-electron chi connectivity index (χ0n) is 17.1. The lowest BCUT2D eigenvalue weighted by Gasteiger charge is -2.13. The van der Waals surface area contributed by atoms with E-state index < -0.39 is 0 Å². The number of benzene rings is 3. The predicted octanol–water partition coefficient (Wildman–Crippen LogP) is 6.53. The maximum atomic E-state index is 9.94. The molecule has 0 aliphatic rings. The molecule has 0 N–H and O–H groups in total. The smallest absolute Gasteiger partial charge is 0.238 e. The number of nitriles is 1. The van der Waals surface area contributed by atoms with Gasteiger partial charge in [0, 0.05) is 11.3 Å². The molecular weight excluding hydrogens is 372 g/mol. The Balaban J connectivity index is 1.80. The second kappa shape index (κ2) is 8.67. The van der Waals surface area contributed by atoms with Crippen molar-refractivity contribution in [3.8, 4) is 34.6 Å². The summed E-state index contributed by atoms with van der Waals surface area (Å²) in [4.78, 5) is 4.66. The number of ether oxygens (including phenoxy) is 2. The zero-order chi connectivity index (χ0) is 20.9. The van der Waals surface area contributed by atoms with Crippen molar-refractivity contribution < 1.29 is 9.47 Å². The highest BCUT2D eigenvalue weighted by Crippen LogP contribution is 2.34.